The van der Waals surface area contributed by atoms with E-state index >= 15 is 0 Å². The molecule has 1 N–H and O–H groups in total. The quantitative estimate of drug-likeness (QED) is 0.810. The summed E-state index contributed by atoms with van der Waals surface area (Å²) in [5.41, 5.74) is 3.29. The highest BCUT2D eigenvalue weighted by atomic mass is 32.1. The van der Waals surface area contributed by atoms with Crippen molar-refractivity contribution in [2.24, 2.45) is 0 Å². The van der Waals surface area contributed by atoms with E-state index in [1.165, 1.54) is 0 Å². The SMILES string of the molecule is CC(Nn1cccc1)c1nccs1. The van der Waals surface area contributed by atoms with Gasteiger partial charge in [-0.05, 0) is 19.1 Å². The zero-order valence-electron chi connectivity index (χ0n) is 7.34. The Hall–Kier alpha value is -1.29. The molecule has 0 amide bonds. The Morgan fingerprint density at radius 1 is 1.46 bits per heavy atom. The molecule has 3 nitrogen and oxygen atoms in total. The minimum absolute atomic E-state index is 0.257. The molecule has 0 aliphatic heterocycles. The van der Waals surface area contributed by atoms with Crippen molar-refractivity contribution in [3.8, 4) is 0 Å². The van der Waals surface area contributed by atoms with Gasteiger partial charge in [0.15, 0.2) is 0 Å². The minimum Gasteiger partial charge on any atom is -0.317 e. The van der Waals surface area contributed by atoms with Gasteiger partial charge in [0, 0.05) is 24.0 Å². The molecule has 68 valence electrons. The number of nitrogens with zero attached hydrogens (tertiary/aromatic N) is 2. The van der Waals surface area contributed by atoms with Crippen molar-refractivity contribution in [3.05, 3.63) is 41.1 Å². The van der Waals surface area contributed by atoms with Crippen LogP contribution in [0, 0.1) is 0 Å². The van der Waals surface area contributed by atoms with Gasteiger partial charge in [0.25, 0.3) is 0 Å². The average molecular weight is 193 g/mol. The van der Waals surface area contributed by atoms with Gasteiger partial charge >= 0.3 is 0 Å². The van der Waals surface area contributed by atoms with Crippen LogP contribution in [-0.4, -0.2) is 9.66 Å². The Bertz CT molecular complexity index is 339. The molecule has 0 spiro atoms. The zero-order chi connectivity index (χ0) is 9.10. The Morgan fingerprint density at radius 2 is 2.23 bits per heavy atom. The van der Waals surface area contributed by atoms with Crippen LogP contribution < -0.4 is 5.43 Å². The van der Waals surface area contributed by atoms with Gasteiger partial charge in [-0.15, -0.1) is 11.3 Å². The van der Waals surface area contributed by atoms with E-state index in [9.17, 15) is 0 Å². The maximum Gasteiger partial charge on any atom is 0.116 e. The van der Waals surface area contributed by atoms with Crippen LogP contribution >= 0.6 is 11.3 Å². The van der Waals surface area contributed by atoms with Crippen molar-refractivity contribution in [3.63, 3.8) is 0 Å². The lowest BCUT2D eigenvalue weighted by molar-refractivity contribution is 0.723. The molecule has 4 heteroatoms. The summed E-state index contributed by atoms with van der Waals surface area (Å²) < 4.78 is 1.94. The van der Waals surface area contributed by atoms with E-state index < -0.39 is 0 Å². The highest BCUT2D eigenvalue weighted by Gasteiger charge is 2.05. The first-order valence-electron chi connectivity index (χ1n) is 4.15. The molecule has 0 bridgehead atoms. The van der Waals surface area contributed by atoms with Crippen LogP contribution in [0.3, 0.4) is 0 Å². The number of thiazole rings is 1. The molecule has 2 aromatic heterocycles. The molecule has 13 heavy (non-hydrogen) atoms. The number of aromatic nitrogens is 2. The van der Waals surface area contributed by atoms with E-state index in [1.54, 1.807) is 11.3 Å². The summed E-state index contributed by atoms with van der Waals surface area (Å²) >= 11 is 1.67. The molecule has 2 aromatic rings. The maximum atomic E-state index is 4.24. The van der Waals surface area contributed by atoms with Crippen LogP contribution in [0.1, 0.15) is 18.0 Å². The molecule has 0 fully saturated rings. The van der Waals surface area contributed by atoms with E-state index in [-0.39, 0.29) is 6.04 Å². The van der Waals surface area contributed by atoms with E-state index in [1.807, 2.05) is 40.8 Å². The van der Waals surface area contributed by atoms with Crippen molar-refractivity contribution in [2.75, 3.05) is 5.43 Å². The maximum absolute atomic E-state index is 4.24. The second-order valence-electron chi connectivity index (χ2n) is 2.81. The third kappa shape index (κ3) is 1.89. The molecular formula is C9H11N3S. The normalized spacial score (nSPS) is 12.7. The minimum atomic E-state index is 0.257. The van der Waals surface area contributed by atoms with Gasteiger partial charge < -0.3 is 5.43 Å². The highest BCUT2D eigenvalue weighted by Crippen LogP contribution is 2.15. The topological polar surface area (TPSA) is 29.9 Å². The predicted octanol–water partition coefficient (Wildman–Crippen LogP) is 2.25. The molecular weight excluding hydrogens is 182 g/mol. The number of rotatable bonds is 3. The van der Waals surface area contributed by atoms with Crippen LogP contribution in [-0.2, 0) is 0 Å². The summed E-state index contributed by atoms with van der Waals surface area (Å²) in [4.78, 5) is 4.24. The van der Waals surface area contributed by atoms with E-state index in [2.05, 4.69) is 17.3 Å². The van der Waals surface area contributed by atoms with Crippen molar-refractivity contribution < 1.29 is 0 Å². The third-order valence-corrected chi connectivity index (χ3v) is 2.73. The third-order valence-electron chi connectivity index (χ3n) is 1.77. The highest BCUT2D eigenvalue weighted by molar-refractivity contribution is 7.09. The number of nitrogens with one attached hydrogen (secondary N) is 1. The molecule has 1 unspecified atom stereocenters. The van der Waals surface area contributed by atoms with Crippen LogP contribution in [0.5, 0.6) is 0 Å². The van der Waals surface area contributed by atoms with E-state index in [0.29, 0.717) is 0 Å². The Morgan fingerprint density at radius 3 is 2.85 bits per heavy atom. The molecule has 2 heterocycles. The second-order valence-corrected chi connectivity index (χ2v) is 3.74. The number of hydrogen-bond donors (Lipinski definition) is 1. The van der Waals surface area contributed by atoms with Crippen molar-refractivity contribution >= 4 is 11.3 Å². The van der Waals surface area contributed by atoms with Crippen LogP contribution in [0.15, 0.2) is 36.1 Å². The summed E-state index contributed by atoms with van der Waals surface area (Å²) in [7, 11) is 0. The second kappa shape index (κ2) is 3.62. The molecule has 0 radical (unpaired) electrons. The largest absolute Gasteiger partial charge is 0.317 e. The zero-order valence-corrected chi connectivity index (χ0v) is 8.16. The van der Waals surface area contributed by atoms with Crippen LogP contribution in [0.2, 0.25) is 0 Å². The molecule has 0 aromatic carbocycles. The van der Waals surface area contributed by atoms with Crippen molar-refractivity contribution in [1.82, 2.24) is 9.66 Å². The van der Waals surface area contributed by atoms with Crippen molar-refractivity contribution in [1.29, 1.82) is 0 Å². The summed E-state index contributed by atoms with van der Waals surface area (Å²) in [6.07, 6.45) is 5.78. The molecule has 0 aliphatic carbocycles. The van der Waals surface area contributed by atoms with Crippen LogP contribution in [0.4, 0.5) is 0 Å². The lowest BCUT2D eigenvalue weighted by Gasteiger charge is -2.13. The Labute approximate surface area is 81.0 Å². The van der Waals surface area contributed by atoms with Gasteiger partial charge in [0.05, 0.1) is 6.04 Å². The first-order valence-corrected chi connectivity index (χ1v) is 5.03. The first kappa shape index (κ1) is 8.31. The summed E-state index contributed by atoms with van der Waals surface area (Å²) in [6, 6.07) is 4.23. The van der Waals surface area contributed by atoms with Gasteiger partial charge in [-0.1, -0.05) is 0 Å². The summed E-state index contributed by atoms with van der Waals surface area (Å²) in [5, 5.41) is 3.09. The van der Waals surface area contributed by atoms with Crippen molar-refractivity contribution in [2.45, 2.75) is 13.0 Å². The lowest BCUT2D eigenvalue weighted by atomic mass is 10.4. The summed E-state index contributed by atoms with van der Waals surface area (Å²) in [6.45, 7) is 2.10. The van der Waals surface area contributed by atoms with Gasteiger partial charge in [0.1, 0.15) is 5.01 Å². The van der Waals surface area contributed by atoms with Gasteiger partial charge in [-0.3, -0.25) is 4.68 Å². The fourth-order valence-electron chi connectivity index (χ4n) is 1.15. The Kier molecular flexibility index (Phi) is 2.31. The number of hydrogen-bond acceptors (Lipinski definition) is 3. The average Bonchev–Trinajstić information content (AvgIpc) is 2.74. The standard InChI is InChI=1S/C9H11N3S/c1-8(9-10-4-7-13-9)11-12-5-2-3-6-12/h2-8,11H,1H3. The predicted molar refractivity (Wildman–Crippen MR) is 54.3 cm³/mol. The smallest absolute Gasteiger partial charge is 0.116 e. The molecule has 0 saturated heterocycles. The van der Waals surface area contributed by atoms with Gasteiger partial charge in [-0.2, -0.15) is 0 Å². The first-order chi connectivity index (χ1) is 6.36. The Balaban J connectivity index is 2.04. The van der Waals surface area contributed by atoms with Gasteiger partial charge in [0.2, 0.25) is 0 Å². The van der Waals surface area contributed by atoms with Gasteiger partial charge in [-0.25, -0.2) is 4.98 Å². The monoisotopic (exact) mass is 193 g/mol. The fourth-order valence-corrected chi connectivity index (χ4v) is 1.79. The summed E-state index contributed by atoms with van der Waals surface area (Å²) in [5.74, 6) is 0. The molecule has 0 saturated carbocycles. The fraction of sp³-hybridized carbons (Fsp3) is 0.222. The molecule has 1 atom stereocenters. The molecule has 2 rings (SSSR count). The van der Waals surface area contributed by atoms with Crippen LogP contribution in [0.25, 0.3) is 0 Å². The lowest BCUT2D eigenvalue weighted by Crippen LogP contribution is -2.16. The molecule has 0 aliphatic rings. The van der Waals surface area contributed by atoms with E-state index in [0.717, 1.165) is 5.01 Å². The van der Waals surface area contributed by atoms with E-state index in [4.69, 9.17) is 0 Å².